The lowest BCUT2D eigenvalue weighted by Gasteiger charge is -2.37. The summed E-state index contributed by atoms with van der Waals surface area (Å²) in [6.07, 6.45) is 6.19. The Morgan fingerprint density at radius 3 is 2.94 bits per heavy atom. The Balaban J connectivity index is 1.67. The fraction of sp³-hybridized carbons (Fsp3) is 1.00. The van der Waals surface area contributed by atoms with Crippen LogP contribution >= 0.6 is 0 Å². The maximum Gasteiger partial charge on any atom is 0.0939 e. The Morgan fingerprint density at radius 2 is 2.24 bits per heavy atom. The summed E-state index contributed by atoms with van der Waals surface area (Å²) >= 11 is 0. The first-order chi connectivity index (χ1) is 8.20. The predicted octanol–water partition coefficient (Wildman–Crippen LogP) is 2.35. The van der Waals surface area contributed by atoms with Crippen LogP contribution in [0.4, 0.5) is 0 Å². The van der Waals surface area contributed by atoms with E-state index in [1.165, 1.54) is 25.7 Å². The average molecular weight is 241 g/mol. The van der Waals surface area contributed by atoms with Gasteiger partial charge < -0.3 is 14.8 Å². The van der Waals surface area contributed by atoms with Crippen molar-refractivity contribution in [2.45, 2.75) is 57.6 Å². The molecule has 0 aliphatic carbocycles. The summed E-state index contributed by atoms with van der Waals surface area (Å²) in [5.74, 6) is 0.847. The van der Waals surface area contributed by atoms with Crippen LogP contribution in [0.3, 0.4) is 0 Å². The van der Waals surface area contributed by atoms with Gasteiger partial charge in [0.15, 0.2) is 0 Å². The van der Waals surface area contributed by atoms with E-state index in [1.54, 1.807) is 0 Å². The number of ether oxygens (including phenoxy) is 2. The van der Waals surface area contributed by atoms with E-state index in [4.69, 9.17) is 9.47 Å². The minimum atomic E-state index is 0.0917. The molecular formula is C14H27NO2. The monoisotopic (exact) mass is 241 g/mol. The van der Waals surface area contributed by atoms with E-state index in [2.05, 4.69) is 19.2 Å². The van der Waals surface area contributed by atoms with Crippen LogP contribution in [0, 0.1) is 5.92 Å². The summed E-state index contributed by atoms with van der Waals surface area (Å²) in [7, 11) is 0. The van der Waals surface area contributed by atoms with E-state index < -0.39 is 0 Å². The number of rotatable bonds is 5. The minimum Gasteiger partial charge on any atom is -0.378 e. The summed E-state index contributed by atoms with van der Waals surface area (Å²) in [5.41, 5.74) is 0.0917. The molecule has 0 aromatic rings. The van der Waals surface area contributed by atoms with Gasteiger partial charge in [-0.15, -0.1) is 0 Å². The van der Waals surface area contributed by atoms with Gasteiger partial charge in [0.2, 0.25) is 0 Å². The summed E-state index contributed by atoms with van der Waals surface area (Å²) in [5, 5.41) is 3.49. The maximum absolute atomic E-state index is 5.96. The lowest BCUT2D eigenvalue weighted by Crippen LogP contribution is -2.40. The molecule has 3 nitrogen and oxygen atoms in total. The van der Waals surface area contributed by atoms with Crippen LogP contribution in [-0.4, -0.2) is 38.0 Å². The van der Waals surface area contributed by atoms with Crippen molar-refractivity contribution in [3.05, 3.63) is 0 Å². The fourth-order valence-electron chi connectivity index (χ4n) is 3.02. The van der Waals surface area contributed by atoms with Gasteiger partial charge in [0.1, 0.15) is 0 Å². The lowest BCUT2D eigenvalue weighted by molar-refractivity contribution is -0.0989. The molecule has 0 radical (unpaired) electrons. The molecule has 100 valence electrons. The Morgan fingerprint density at radius 1 is 1.35 bits per heavy atom. The van der Waals surface area contributed by atoms with E-state index in [1.807, 2.05) is 0 Å². The fourth-order valence-corrected chi connectivity index (χ4v) is 3.02. The zero-order chi connectivity index (χ0) is 12.1. The van der Waals surface area contributed by atoms with Gasteiger partial charge in [0.25, 0.3) is 0 Å². The van der Waals surface area contributed by atoms with Crippen LogP contribution in [0.2, 0.25) is 0 Å². The lowest BCUT2D eigenvalue weighted by atomic mass is 9.83. The third-order valence-electron chi connectivity index (χ3n) is 4.00. The molecular weight excluding hydrogens is 214 g/mol. The molecule has 1 spiro atoms. The Bertz CT molecular complexity index is 224. The molecule has 2 aliphatic rings. The third-order valence-corrected chi connectivity index (χ3v) is 4.00. The van der Waals surface area contributed by atoms with Gasteiger partial charge in [0, 0.05) is 25.7 Å². The second-order valence-electron chi connectivity index (χ2n) is 5.94. The zero-order valence-corrected chi connectivity index (χ0v) is 11.3. The van der Waals surface area contributed by atoms with Gasteiger partial charge in [-0.1, -0.05) is 13.8 Å². The largest absolute Gasteiger partial charge is 0.378 e. The Kier molecular flexibility index (Phi) is 4.83. The molecule has 0 bridgehead atoms. The van der Waals surface area contributed by atoms with Gasteiger partial charge in [-0.3, -0.25) is 0 Å². The van der Waals surface area contributed by atoms with Gasteiger partial charge >= 0.3 is 0 Å². The van der Waals surface area contributed by atoms with Crippen molar-refractivity contribution in [2.75, 3.05) is 26.4 Å². The summed E-state index contributed by atoms with van der Waals surface area (Å²) in [6.45, 7) is 8.22. The summed E-state index contributed by atoms with van der Waals surface area (Å²) in [6, 6.07) is 0.610. The highest BCUT2D eigenvalue weighted by atomic mass is 16.6. The molecule has 2 aliphatic heterocycles. The molecule has 2 saturated heterocycles. The van der Waals surface area contributed by atoms with E-state index in [0.29, 0.717) is 6.04 Å². The molecule has 3 heteroatoms. The van der Waals surface area contributed by atoms with E-state index in [-0.39, 0.29) is 5.60 Å². The van der Waals surface area contributed by atoms with Gasteiger partial charge in [-0.05, 0) is 38.1 Å². The van der Waals surface area contributed by atoms with E-state index >= 15 is 0 Å². The molecule has 17 heavy (non-hydrogen) atoms. The van der Waals surface area contributed by atoms with E-state index in [0.717, 1.165) is 38.7 Å². The molecule has 2 atom stereocenters. The van der Waals surface area contributed by atoms with Crippen LogP contribution in [-0.2, 0) is 9.47 Å². The molecule has 2 fully saturated rings. The van der Waals surface area contributed by atoms with Crippen LogP contribution in [0.15, 0.2) is 0 Å². The normalized spacial score (nSPS) is 33.7. The van der Waals surface area contributed by atoms with Crippen molar-refractivity contribution in [3.8, 4) is 0 Å². The molecule has 0 aromatic heterocycles. The number of hydrogen-bond acceptors (Lipinski definition) is 3. The van der Waals surface area contributed by atoms with Crippen LogP contribution in [0.1, 0.15) is 46.0 Å². The number of hydrogen-bond donors (Lipinski definition) is 1. The Labute approximate surface area is 105 Å². The van der Waals surface area contributed by atoms with Crippen molar-refractivity contribution in [1.82, 2.24) is 5.32 Å². The van der Waals surface area contributed by atoms with Crippen molar-refractivity contribution in [1.29, 1.82) is 0 Å². The molecule has 0 amide bonds. The third kappa shape index (κ3) is 3.94. The van der Waals surface area contributed by atoms with Gasteiger partial charge in [-0.25, -0.2) is 0 Å². The first-order valence-electron chi connectivity index (χ1n) is 7.15. The average Bonchev–Trinajstić information content (AvgIpc) is 2.73. The molecule has 0 saturated carbocycles. The minimum absolute atomic E-state index is 0.0917. The van der Waals surface area contributed by atoms with Crippen molar-refractivity contribution in [2.24, 2.45) is 5.92 Å². The van der Waals surface area contributed by atoms with Gasteiger partial charge in [-0.2, -0.15) is 0 Å². The van der Waals surface area contributed by atoms with Crippen molar-refractivity contribution in [3.63, 3.8) is 0 Å². The van der Waals surface area contributed by atoms with Crippen LogP contribution in [0.25, 0.3) is 0 Å². The van der Waals surface area contributed by atoms with Gasteiger partial charge in [0.05, 0.1) is 12.2 Å². The summed E-state index contributed by atoms with van der Waals surface area (Å²) in [4.78, 5) is 0. The second-order valence-corrected chi connectivity index (χ2v) is 5.94. The van der Waals surface area contributed by atoms with Crippen molar-refractivity contribution < 1.29 is 9.47 Å². The topological polar surface area (TPSA) is 30.5 Å². The highest BCUT2D eigenvalue weighted by Gasteiger charge is 2.40. The first kappa shape index (κ1) is 13.3. The Hall–Kier alpha value is -0.120. The maximum atomic E-state index is 5.96. The quantitative estimate of drug-likeness (QED) is 0.750. The molecule has 2 rings (SSSR count). The molecule has 0 aromatic carbocycles. The molecule has 2 heterocycles. The van der Waals surface area contributed by atoms with Crippen LogP contribution < -0.4 is 5.32 Å². The number of nitrogens with one attached hydrogen (secondary N) is 1. The molecule has 2 unspecified atom stereocenters. The highest BCUT2D eigenvalue weighted by molar-refractivity contribution is 4.90. The highest BCUT2D eigenvalue weighted by Crippen LogP contribution is 2.37. The predicted molar refractivity (Wildman–Crippen MR) is 69.2 cm³/mol. The first-order valence-corrected chi connectivity index (χ1v) is 7.15. The molecule has 1 N–H and O–H groups in total. The van der Waals surface area contributed by atoms with E-state index in [9.17, 15) is 0 Å². The van der Waals surface area contributed by atoms with Crippen LogP contribution in [0.5, 0.6) is 0 Å². The summed E-state index contributed by atoms with van der Waals surface area (Å²) < 4.78 is 11.5. The SMILES string of the molecule is CC(C)NCCCC1CCOC2(CCOC2)C1. The second kappa shape index (κ2) is 6.17. The zero-order valence-electron chi connectivity index (χ0n) is 11.3. The standard InChI is InChI=1S/C14H27NO2/c1-12(2)15-7-3-4-13-5-8-17-14(10-13)6-9-16-11-14/h12-13,15H,3-11H2,1-2H3. The van der Waals surface area contributed by atoms with Crippen molar-refractivity contribution >= 4 is 0 Å². The smallest absolute Gasteiger partial charge is 0.0939 e.